The van der Waals surface area contributed by atoms with E-state index in [1.165, 1.54) is 0 Å². The molecule has 0 aliphatic heterocycles. The van der Waals surface area contributed by atoms with E-state index >= 15 is 0 Å². The highest BCUT2D eigenvalue weighted by atomic mass is 16.3. The highest BCUT2D eigenvalue weighted by molar-refractivity contribution is 5.97. The van der Waals surface area contributed by atoms with Gasteiger partial charge in [-0.15, -0.1) is 0 Å². The summed E-state index contributed by atoms with van der Waals surface area (Å²) in [6.07, 6.45) is 1.66. The van der Waals surface area contributed by atoms with Gasteiger partial charge in [-0.2, -0.15) is 0 Å². The van der Waals surface area contributed by atoms with Crippen molar-refractivity contribution in [3.8, 4) is 0 Å². The van der Waals surface area contributed by atoms with Gasteiger partial charge in [-0.05, 0) is 31.7 Å². The average molecular weight is 257 g/mol. The summed E-state index contributed by atoms with van der Waals surface area (Å²) in [7, 11) is 0. The van der Waals surface area contributed by atoms with Gasteiger partial charge in [-0.3, -0.25) is 9.69 Å². The van der Waals surface area contributed by atoms with Crippen LogP contribution in [0.5, 0.6) is 0 Å². The molecule has 0 spiro atoms. The molecule has 0 unspecified atom stereocenters. The molecule has 0 atom stereocenters. The number of carbonyl (C=O) groups is 1. The van der Waals surface area contributed by atoms with Crippen molar-refractivity contribution in [2.45, 2.75) is 20.4 Å². The first-order chi connectivity index (χ1) is 9.19. The first kappa shape index (κ1) is 13.6. The summed E-state index contributed by atoms with van der Waals surface area (Å²) in [5.74, 6) is 1.04. The van der Waals surface area contributed by atoms with Crippen molar-refractivity contribution in [3.63, 3.8) is 0 Å². The van der Waals surface area contributed by atoms with Gasteiger partial charge in [-0.25, -0.2) is 0 Å². The Kier molecular flexibility index (Phi) is 4.53. The van der Waals surface area contributed by atoms with E-state index in [9.17, 15) is 4.79 Å². The topological polar surface area (TPSA) is 33.5 Å². The third kappa shape index (κ3) is 3.80. The molecule has 1 aromatic heterocycles. The summed E-state index contributed by atoms with van der Waals surface area (Å²) in [6, 6.07) is 11.5. The molecule has 0 radical (unpaired) electrons. The first-order valence-electron chi connectivity index (χ1n) is 6.53. The molecule has 0 fully saturated rings. The Morgan fingerprint density at radius 3 is 2.74 bits per heavy atom. The summed E-state index contributed by atoms with van der Waals surface area (Å²) in [5.41, 5.74) is 1.89. The summed E-state index contributed by atoms with van der Waals surface area (Å²) >= 11 is 0. The van der Waals surface area contributed by atoms with Crippen LogP contribution in [-0.4, -0.2) is 23.8 Å². The van der Waals surface area contributed by atoms with Gasteiger partial charge in [0.2, 0.25) is 0 Å². The van der Waals surface area contributed by atoms with Crippen LogP contribution in [0.15, 0.2) is 47.1 Å². The number of Topliss-reactive ketones (excluding diaryl/α,β-unsaturated/α-hetero) is 1. The van der Waals surface area contributed by atoms with Gasteiger partial charge in [0.15, 0.2) is 5.78 Å². The van der Waals surface area contributed by atoms with Gasteiger partial charge < -0.3 is 4.42 Å². The van der Waals surface area contributed by atoms with Crippen LogP contribution >= 0.6 is 0 Å². The minimum absolute atomic E-state index is 0.150. The van der Waals surface area contributed by atoms with Crippen LogP contribution in [-0.2, 0) is 6.54 Å². The molecule has 0 aliphatic carbocycles. The van der Waals surface area contributed by atoms with E-state index in [-0.39, 0.29) is 5.78 Å². The molecule has 3 nitrogen and oxygen atoms in total. The highest BCUT2D eigenvalue weighted by Gasteiger charge is 2.12. The molecule has 0 saturated carbocycles. The molecule has 0 bridgehead atoms. The molecule has 0 aliphatic rings. The molecule has 1 heterocycles. The molecule has 1 aromatic carbocycles. The van der Waals surface area contributed by atoms with Crippen molar-refractivity contribution in [1.29, 1.82) is 0 Å². The van der Waals surface area contributed by atoms with E-state index in [1.54, 1.807) is 6.26 Å². The van der Waals surface area contributed by atoms with Crippen LogP contribution in [0.3, 0.4) is 0 Å². The van der Waals surface area contributed by atoms with Crippen molar-refractivity contribution in [2.24, 2.45) is 0 Å². The number of hydrogen-bond acceptors (Lipinski definition) is 3. The van der Waals surface area contributed by atoms with Crippen LogP contribution in [0, 0.1) is 6.92 Å². The van der Waals surface area contributed by atoms with Gasteiger partial charge >= 0.3 is 0 Å². The van der Waals surface area contributed by atoms with E-state index in [0.717, 1.165) is 23.4 Å². The van der Waals surface area contributed by atoms with Crippen molar-refractivity contribution in [2.75, 3.05) is 13.1 Å². The number of hydrogen-bond donors (Lipinski definition) is 0. The fourth-order valence-corrected chi connectivity index (χ4v) is 2.02. The maximum Gasteiger partial charge on any atom is 0.176 e. The maximum atomic E-state index is 12.2. The summed E-state index contributed by atoms with van der Waals surface area (Å²) in [5, 5.41) is 0. The second-order valence-corrected chi connectivity index (χ2v) is 4.68. The molecule has 3 heteroatoms. The molecule has 0 amide bonds. The third-order valence-electron chi connectivity index (χ3n) is 3.11. The SMILES string of the molecule is CCN(CC(=O)c1cccc(C)c1)Cc1ccco1. The van der Waals surface area contributed by atoms with Gasteiger partial charge in [0.05, 0.1) is 19.4 Å². The Labute approximate surface area is 113 Å². The van der Waals surface area contributed by atoms with Crippen molar-refractivity contribution >= 4 is 5.78 Å². The summed E-state index contributed by atoms with van der Waals surface area (Å²) < 4.78 is 5.32. The van der Waals surface area contributed by atoms with Gasteiger partial charge in [0.1, 0.15) is 5.76 Å². The Balaban J connectivity index is 2.00. The minimum Gasteiger partial charge on any atom is -0.468 e. The standard InChI is InChI=1S/C16H19NO2/c1-3-17(11-15-8-5-9-19-15)12-16(18)14-7-4-6-13(2)10-14/h4-10H,3,11-12H2,1-2H3. The largest absolute Gasteiger partial charge is 0.468 e. The quantitative estimate of drug-likeness (QED) is 0.744. The Hall–Kier alpha value is -1.87. The first-order valence-corrected chi connectivity index (χ1v) is 6.53. The normalized spacial score (nSPS) is 10.9. The minimum atomic E-state index is 0.150. The number of carbonyl (C=O) groups excluding carboxylic acids is 1. The van der Waals surface area contributed by atoms with Crippen molar-refractivity contribution in [3.05, 3.63) is 59.5 Å². The lowest BCUT2D eigenvalue weighted by molar-refractivity contribution is 0.0925. The van der Waals surface area contributed by atoms with E-state index in [1.807, 2.05) is 50.2 Å². The van der Waals surface area contributed by atoms with E-state index in [2.05, 4.69) is 4.90 Å². The highest BCUT2D eigenvalue weighted by Crippen LogP contribution is 2.09. The smallest absolute Gasteiger partial charge is 0.176 e. The Bertz CT molecular complexity index is 531. The van der Waals surface area contributed by atoms with Crippen molar-refractivity contribution < 1.29 is 9.21 Å². The fourth-order valence-electron chi connectivity index (χ4n) is 2.02. The van der Waals surface area contributed by atoms with Crippen LogP contribution in [0.4, 0.5) is 0 Å². The monoisotopic (exact) mass is 257 g/mol. The van der Waals surface area contributed by atoms with E-state index in [4.69, 9.17) is 4.42 Å². The Morgan fingerprint density at radius 2 is 2.11 bits per heavy atom. The van der Waals surface area contributed by atoms with Crippen LogP contribution in [0.2, 0.25) is 0 Å². The number of rotatable bonds is 6. The van der Waals surface area contributed by atoms with E-state index in [0.29, 0.717) is 13.1 Å². The number of benzene rings is 1. The number of nitrogens with zero attached hydrogens (tertiary/aromatic N) is 1. The van der Waals surface area contributed by atoms with Crippen molar-refractivity contribution in [1.82, 2.24) is 4.90 Å². The zero-order valence-corrected chi connectivity index (χ0v) is 11.4. The van der Waals surface area contributed by atoms with Gasteiger partial charge in [0, 0.05) is 5.56 Å². The van der Waals surface area contributed by atoms with Gasteiger partial charge in [-0.1, -0.05) is 30.7 Å². The fraction of sp³-hybridized carbons (Fsp3) is 0.312. The second-order valence-electron chi connectivity index (χ2n) is 4.68. The average Bonchev–Trinajstić information content (AvgIpc) is 2.90. The molecule has 19 heavy (non-hydrogen) atoms. The third-order valence-corrected chi connectivity index (χ3v) is 3.11. The summed E-state index contributed by atoms with van der Waals surface area (Å²) in [4.78, 5) is 14.3. The number of ketones is 1. The van der Waals surface area contributed by atoms with Crippen LogP contribution in [0.25, 0.3) is 0 Å². The van der Waals surface area contributed by atoms with Crippen LogP contribution < -0.4 is 0 Å². The molecular weight excluding hydrogens is 238 g/mol. The molecule has 2 rings (SSSR count). The molecular formula is C16H19NO2. The Morgan fingerprint density at radius 1 is 1.26 bits per heavy atom. The lowest BCUT2D eigenvalue weighted by Crippen LogP contribution is -2.29. The predicted molar refractivity (Wildman–Crippen MR) is 75.2 cm³/mol. The summed E-state index contributed by atoms with van der Waals surface area (Å²) in [6.45, 7) is 5.95. The van der Waals surface area contributed by atoms with Gasteiger partial charge in [0.25, 0.3) is 0 Å². The van der Waals surface area contributed by atoms with Crippen LogP contribution in [0.1, 0.15) is 28.6 Å². The molecule has 0 N–H and O–H groups in total. The number of aryl methyl sites for hydroxylation is 1. The zero-order chi connectivity index (χ0) is 13.7. The number of furan rings is 1. The predicted octanol–water partition coefficient (Wildman–Crippen LogP) is 3.29. The lowest BCUT2D eigenvalue weighted by Gasteiger charge is -2.18. The maximum absolute atomic E-state index is 12.2. The second kappa shape index (κ2) is 6.34. The zero-order valence-electron chi connectivity index (χ0n) is 11.4. The number of likely N-dealkylation sites (N-methyl/N-ethyl adjacent to an activating group) is 1. The lowest BCUT2D eigenvalue weighted by atomic mass is 10.1. The van der Waals surface area contributed by atoms with E-state index < -0.39 is 0 Å². The molecule has 2 aromatic rings. The molecule has 100 valence electrons. The molecule has 0 saturated heterocycles.